The van der Waals surface area contributed by atoms with Crippen molar-refractivity contribution < 1.29 is 31.8 Å². The summed E-state index contributed by atoms with van der Waals surface area (Å²) in [5.74, 6) is -0.796. The molecule has 1 aromatic carbocycles. The predicted molar refractivity (Wildman–Crippen MR) is 107 cm³/mol. The molecule has 0 bridgehead atoms. The van der Waals surface area contributed by atoms with Gasteiger partial charge in [-0.15, -0.1) is 13.2 Å². The number of hydrogen-bond donors (Lipinski definition) is 1. The van der Waals surface area contributed by atoms with Crippen molar-refractivity contribution in [3.63, 3.8) is 0 Å². The summed E-state index contributed by atoms with van der Waals surface area (Å²) in [6.45, 7) is 0.621. The summed E-state index contributed by atoms with van der Waals surface area (Å²) < 4.78 is 61.7. The van der Waals surface area contributed by atoms with Crippen molar-refractivity contribution in [1.29, 1.82) is 0 Å². The lowest BCUT2D eigenvalue weighted by Crippen LogP contribution is -2.46. The number of hydrogen-bond acceptors (Lipinski definition) is 4. The number of carbonyl (C=O) groups is 1. The fourth-order valence-electron chi connectivity index (χ4n) is 4.01. The quantitative estimate of drug-likeness (QED) is 0.625. The van der Waals surface area contributed by atoms with Gasteiger partial charge in [0.1, 0.15) is 11.9 Å². The highest BCUT2D eigenvalue weighted by Gasteiger charge is 2.40. The number of imidazole rings is 1. The van der Waals surface area contributed by atoms with Gasteiger partial charge in [0.05, 0.1) is 35.8 Å². The summed E-state index contributed by atoms with van der Waals surface area (Å²) in [5, 5.41) is 2.81. The molecule has 174 valence electrons. The number of carbonyl (C=O) groups excluding carboxylic acids is 1. The average molecular weight is 476 g/mol. The molecule has 0 spiro atoms. The Morgan fingerprint density at radius 2 is 2.09 bits per heavy atom. The summed E-state index contributed by atoms with van der Waals surface area (Å²) >= 11 is 5.72. The van der Waals surface area contributed by atoms with E-state index in [1.165, 1.54) is 12.1 Å². The molecule has 2 fully saturated rings. The van der Waals surface area contributed by atoms with Crippen molar-refractivity contribution >= 4 is 17.5 Å². The molecule has 1 saturated carbocycles. The van der Waals surface area contributed by atoms with Gasteiger partial charge in [0.15, 0.2) is 0 Å². The van der Waals surface area contributed by atoms with E-state index < -0.39 is 24.4 Å². The lowest BCUT2D eigenvalue weighted by molar-refractivity contribution is -0.354. The molecule has 1 aromatic heterocycles. The molecular weight excluding hydrogens is 454 g/mol. The molecule has 2 aliphatic rings. The molecule has 2 aromatic rings. The molecule has 32 heavy (non-hydrogen) atoms. The number of alkyl halides is 3. The van der Waals surface area contributed by atoms with Crippen molar-refractivity contribution in [1.82, 2.24) is 14.9 Å². The SMILES string of the molecule is O=C(NC[C@H]1C[C@H](OC(F)(F)F)C1)[C@H]1CC[C@H](n2cnc(-c3ccc(Cl)c(F)c3)c2)CO1. The third kappa shape index (κ3) is 5.60. The van der Waals surface area contributed by atoms with Crippen LogP contribution in [0.15, 0.2) is 30.7 Å². The van der Waals surface area contributed by atoms with Crippen LogP contribution in [0.2, 0.25) is 5.02 Å². The summed E-state index contributed by atoms with van der Waals surface area (Å²) in [5.41, 5.74) is 1.22. The molecule has 0 radical (unpaired) electrons. The Labute approximate surface area is 186 Å². The van der Waals surface area contributed by atoms with Gasteiger partial charge < -0.3 is 14.6 Å². The van der Waals surface area contributed by atoms with Gasteiger partial charge in [-0.2, -0.15) is 0 Å². The highest BCUT2D eigenvalue weighted by molar-refractivity contribution is 6.30. The molecule has 6 nitrogen and oxygen atoms in total. The molecule has 1 N–H and O–H groups in total. The largest absolute Gasteiger partial charge is 0.522 e. The topological polar surface area (TPSA) is 65.4 Å². The number of nitrogens with zero attached hydrogens (tertiary/aromatic N) is 2. The summed E-state index contributed by atoms with van der Waals surface area (Å²) in [6, 6.07) is 4.48. The molecule has 1 amide bonds. The maximum atomic E-state index is 13.7. The van der Waals surface area contributed by atoms with Crippen molar-refractivity contribution in [3.8, 4) is 11.3 Å². The zero-order valence-corrected chi connectivity index (χ0v) is 17.7. The first-order valence-electron chi connectivity index (χ1n) is 10.3. The van der Waals surface area contributed by atoms with Crippen LogP contribution in [0, 0.1) is 11.7 Å². The fraction of sp³-hybridized carbons (Fsp3) is 0.524. The van der Waals surface area contributed by atoms with Crippen LogP contribution in [0.5, 0.6) is 0 Å². The number of amides is 1. The number of benzene rings is 1. The van der Waals surface area contributed by atoms with Gasteiger partial charge in [-0.05, 0) is 43.7 Å². The van der Waals surface area contributed by atoms with E-state index in [0.717, 1.165) is 0 Å². The van der Waals surface area contributed by atoms with Gasteiger partial charge in [-0.25, -0.2) is 9.37 Å². The molecule has 2 heterocycles. The Morgan fingerprint density at radius 1 is 1.31 bits per heavy atom. The Bertz CT molecular complexity index is 954. The van der Waals surface area contributed by atoms with Crippen LogP contribution >= 0.6 is 11.6 Å². The second-order valence-electron chi connectivity index (χ2n) is 8.16. The Kier molecular flexibility index (Phi) is 6.73. The van der Waals surface area contributed by atoms with Crippen molar-refractivity contribution in [2.24, 2.45) is 5.92 Å². The van der Waals surface area contributed by atoms with Crippen LogP contribution in [-0.2, 0) is 14.3 Å². The first-order valence-corrected chi connectivity index (χ1v) is 10.7. The summed E-state index contributed by atoms with van der Waals surface area (Å²) in [7, 11) is 0. The van der Waals surface area contributed by atoms with Gasteiger partial charge in [-0.1, -0.05) is 17.7 Å². The first-order chi connectivity index (χ1) is 15.2. The normalized spacial score (nSPS) is 25.9. The monoisotopic (exact) mass is 475 g/mol. The van der Waals surface area contributed by atoms with Crippen LogP contribution < -0.4 is 5.32 Å². The minimum absolute atomic E-state index is 0.00986. The maximum Gasteiger partial charge on any atom is 0.522 e. The highest BCUT2D eigenvalue weighted by atomic mass is 35.5. The van der Waals surface area contributed by atoms with Gasteiger partial charge in [0.2, 0.25) is 5.91 Å². The molecule has 11 heteroatoms. The molecule has 1 aliphatic carbocycles. The molecular formula is C21H22ClF4N3O3. The van der Waals surface area contributed by atoms with Crippen molar-refractivity contribution in [3.05, 3.63) is 41.6 Å². The number of ether oxygens (including phenoxy) is 2. The van der Waals surface area contributed by atoms with E-state index in [-0.39, 0.29) is 35.7 Å². The van der Waals surface area contributed by atoms with Crippen LogP contribution in [0.1, 0.15) is 31.7 Å². The zero-order chi connectivity index (χ0) is 22.9. The predicted octanol–water partition coefficient (Wildman–Crippen LogP) is 4.49. The van der Waals surface area contributed by atoms with E-state index >= 15 is 0 Å². The van der Waals surface area contributed by atoms with E-state index in [1.54, 1.807) is 18.6 Å². The summed E-state index contributed by atoms with van der Waals surface area (Å²) in [4.78, 5) is 16.6. The number of aromatic nitrogens is 2. The van der Waals surface area contributed by atoms with E-state index in [1.807, 2.05) is 4.57 Å². The molecule has 2 atom stereocenters. The smallest absolute Gasteiger partial charge is 0.366 e. The Morgan fingerprint density at radius 3 is 2.75 bits per heavy atom. The van der Waals surface area contributed by atoms with Crippen LogP contribution in [-0.4, -0.2) is 47.2 Å². The third-order valence-corrected chi connectivity index (χ3v) is 6.15. The first kappa shape index (κ1) is 23.0. The van der Waals surface area contributed by atoms with Gasteiger partial charge >= 0.3 is 6.36 Å². The van der Waals surface area contributed by atoms with E-state index in [4.69, 9.17) is 16.3 Å². The van der Waals surface area contributed by atoms with Crippen LogP contribution in [0.3, 0.4) is 0 Å². The average Bonchev–Trinajstić information content (AvgIpc) is 3.21. The van der Waals surface area contributed by atoms with Crippen molar-refractivity contribution in [2.45, 2.75) is 50.3 Å². The number of rotatable bonds is 6. The Balaban J connectivity index is 1.21. The molecule has 4 rings (SSSR count). The van der Waals surface area contributed by atoms with E-state index in [9.17, 15) is 22.4 Å². The van der Waals surface area contributed by atoms with Gasteiger partial charge in [-0.3, -0.25) is 9.53 Å². The van der Waals surface area contributed by atoms with Gasteiger partial charge in [0.25, 0.3) is 0 Å². The zero-order valence-electron chi connectivity index (χ0n) is 16.9. The lowest BCUT2D eigenvalue weighted by Gasteiger charge is -2.36. The van der Waals surface area contributed by atoms with E-state index in [2.05, 4.69) is 15.0 Å². The van der Waals surface area contributed by atoms with Gasteiger partial charge in [0, 0.05) is 18.3 Å². The van der Waals surface area contributed by atoms with E-state index in [0.29, 0.717) is 37.3 Å². The molecule has 1 saturated heterocycles. The van der Waals surface area contributed by atoms with Crippen LogP contribution in [0.4, 0.5) is 17.6 Å². The summed E-state index contributed by atoms with van der Waals surface area (Å²) in [6.07, 6.45) is -0.860. The fourth-order valence-corrected chi connectivity index (χ4v) is 4.12. The number of halogens is 5. The third-order valence-electron chi connectivity index (χ3n) is 5.84. The molecule has 0 unspecified atom stereocenters. The van der Waals surface area contributed by atoms with Crippen molar-refractivity contribution in [2.75, 3.05) is 13.2 Å². The lowest BCUT2D eigenvalue weighted by atomic mass is 9.82. The molecule has 1 aliphatic heterocycles. The minimum atomic E-state index is -4.62. The minimum Gasteiger partial charge on any atom is -0.366 e. The second-order valence-corrected chi connectivity index (χ2v) is 8.56. The van der Waals surface area contributed by atoms with Crippen LogP contribution in [0.25, 0.3) is 11.3 Å². The standard InChI is InChI=1S/C21H22ClF4N3O3/c22-16-3-1-13(7-17(16)23)18-9-29(11-28-18)14-2-4-19(31-10-14)20(30)27-8-12-5-15(6-12)32-21(24,25)26/h1,3,7,9,11-12,14-15,19H,2,4-6,8,10H2,(H,27,30)/t12-,14-,15-,19+/m0/s1. The Hall–Kier alpha value is -2.17. The highest BCUT2D eigenvalue weighted by Crippen LogP contribution is 2.34. The second kappa shape index (κ2) is 9.36. The maximum absolute atomic E-state index is 13.7. The number of nitrogens with one attached hydrogen (secondary N) is 1.